The van der Waals surface area contributed by atoms with Crippen LogP contribution in [0.25, 0.3) is 0 Å². The van der Waals surface area contributed by atoms with Gasteiger partial charge in [-0.05, 0) is 38.8 Å². The number of nitrogens with zero attached hydrogens (tertiary/aromatic N) is 1. The van der Waals surface area contributed by atoms with Crippen molar-refractivity contribution in [2.45, 2.75) is 45.1 Å². The number of anilines is 2. The topological polar surface area (TPSA) is 50.9 Å². The standard InChI is InChI=1S/C12H19N3/c1-9-5-6-10(13)11(14-9)15-12(2)7-3-4-8-12/h5-6H,3-4,7-8,13H2,1-2H3,(H,14,15). The molecule has 0 saturated heterocycles. The molecule has 0 spiro atoms. The molecule has 82 valence electrons. The first-order valence-electron chi connectivity index (χ1n) is 5.60. The summed E-state index contributed by atoms with van der Waals surface area (Å²) >= 11 is 0. The molecule has 0 aromatic carbocycles. The number of nitrogens with two attached hydrogens (primary N) is 1. The van der Waals surface area contributed by atoms with Crippen molar-refractivity contribution in [3.8, 4) is 0 Å². The van der Waals surface area contributed by atoms with Crippen LogP contribution in [0.3, 0.4) is 0 Å². The fourth-order valence-electron chi connectivity index (χ4n) is 2.23. The Labute approximate surface area is 91.1 Å². The largest absolute Gasteiger partial charge is 0.396 e. The summed E-state index contributed by atoms with van der Waals surface area (Å²) in [5.74, 6) is 0.847. The Morgan fingerprint density at radius 3 is 2.67 bits per heavy atom. The van der Waals surface area contributed by atoms with E-state index in [1.807, 2.05) is 19.1 Å². The van der Waals surface area contributed by atoms with Crippen LogP contribution < -0.4 is 11.1 Å². The summed E-state index contributed by atoms with van der Waals surface area (Å²) in [6, 6.07) is 3.86. The summed E-state index contributed by atoms with van der Waals surface area (Å²) in [5, 5.41) is 3.49. The molecule has 15 heavy (non-hydrogen) atoms. The zero-order valence-electron chi connectivity index (χ0n) is 9.51. The number of aromatic nitrogens is 1. The van der Waals surface area contributed by atoms with Gasteiger partial charge in [0.1, 0.15) is 5.82 Å². The first kappa shape index (κ1) is 10.3. The van der Waals surface area contributed by atoms with Crippen LogP contribution in [0.15, 0.2) is 12.1 Å². The molecule has 1 aliphatic carbocycles. The molecule has 1 heterocycles. The van der Waals surface area contributed by atoms with Gasteiger partial charge in [0.15, 0.2) is 0 Å². The second-order valence-corrected chi connectivity index (χ2v) is 4.78. The lowest BCUT2D eigenvalue weighted by molar-refractivity contribution is 0.531. The zero-order chi connectivity index (χ0) is 10.9. The SMILES string of the molecule is Cc1ccc(N)c(NC2(C)CCCC2)n1. The lowest BCUT2D eigenvalue weighted by Crippen LogP contribution is -2.31. The molecule has 3 N–H and O–H groups in total. The average Bonchev–Trinajstić information content (AvgIpc) is 2.59. The Balaban J connectivity index is 2.19. The van der Waals surface area contributed by atoms with E-state index in [9.17, 15) is 0 Å². The molecule has 1 aliphatic rings. The van der Waals surface area contributed by atoms with Gasteiger partial charge in [-0.3, -0.25) is 0 Å². The molecule has 1 aromatic heterocycles. The van der Waals surface area contributed by atoms with Crippen LogP contribution in [-0.2, 0) is 0 Å². The highest BCUT2D eigenvalue weighted by molar-refractivity contribution is 5.62. The van der Waals surface area contributed by atoms with Gasteiger partial charge in [0.05, 0.1) is 5.69 Å². The number of pyridine rings is 1. The lowest BCUT2D eigenvalue weighted by atomic mass is 10.0. The van der Waals surface area contributed by atoms with Gasteiger partial charge < -0.3 is 11.1 Å². The van der Waals surface area contributed by atoms with Gasteiger partial charge in [0.25, 0.3) is 0 Å². The van der Waals surface area contributed by atoms with Crippen molar-refractivity contribution < 1.29 is 0 Å². The monoisotopic (exact) mass is 205 g/mol. The highest BCUT2D eigenvalue weighted by atomic mass is 15.1. The Hall–Kier alpha value is -1.25. The first-order chi connectivity index (χ1) is 7.09. The molecular weight excluding hydrogens is 186 g/mol. The molecule has 2 rings (SSSR count). The van der Waals surface area contributed by atoms with Crippen LogP contribution in [0.1, 0.15) is 38.3 Å². The van der Waals surface area contributed by atoms with E-state index in [2.05, 4.69) is 17.2 Å². The average molecular weight is 205 g/mol. The molecule has 3 nitrogen and oxygen atoms in total. The second kappa shape index (κ2) is 3.72. The summed E-state index contributed by atoms with van der Waals surface area (Å²) in [4.78, 5) is 4.45. The Bertz CT molecular complexity index is 354. The molecule has 0 radical (unpaired) electrons. The molecule has 0 bridgehead atoms. The minimum absolute atomic E-state index is 0.189. The fraction of sp³-hybridized carbons (Fsp3) is 0.583. The van der Waals surface area contributed by atoms with Gasteiger partial charge in [-0.2, -0.15) is 0 Å². The Morgan fingerprint density at radius 1 is 1.33 bits per heavy atom. The van der Waals surface area contributed by atoms with Crippen LogP contribution in [0.2, 0.25) is 0 Å². The molecular formula is C12H19N3. The van der Waals surface area contributed by atoms with Crippen molar-refractivity contribution >= 4 is 11.5 Å². The third-order valence-electron chi connectivity index (χ3n) is 3.19. The smallest absolute Gasteiger partial charge is 0.149 e. The number of aryl methyl sites for hydroxylation is 1. The lowest BCUT2D eigenvalue weighted by Gasteiger charge is -2.26. The Kier molecular flexibility index (Phi) is 2.55. The van der Waals surface area contributed by atoms with E-state index in [4.69, 9.17) is 5.73 Å². The van der Waals surface area contributed by atoms with Crippen LogP contribution in [0, 0.1) is 6.92 Å². The van der Waals surface area contributed by atoms with E-state index >= 15 is 0 Å². The van der Waals surface area contributed by atoms with E-state index in [0.29, 0.717) is 0 Å². The van der Waals surface area contributed by atoms with Crippen LogP contribution in [0.5, 0.6) is 0 Å². The van der Waals surface area contributed by atoms with Gasteiger partial charge in [-0.15, -0.1) is 0 Å². The van der Waals surface area contributed by atoms with Gasteiger partial charge in [-0.1, -0.05) is 12.8 Å². The third kappa shape index (κ3) is 2.22. The predicted molar refractivity (Wildman–Crippen MR) is 63.9 cm³/mol. The second-order valence-electron chi connectivity index (χ2n) is 4.78. The van der Waals surface area contributed by atoms with Crippen molar-refractivity contribution in [3.05, 3.63) is 17.8 Å². The van der Waals surface area contributed by atoms with E-state index in [1.54, 1.807) is 0 Å². The summed E-state index contributed by atoms with van der Waals surface area (Å²) < 4.78 is 0. The molecule has 1 aromatic rings. The summed E-state index contributed by atoms with van der Waals surface area (Å²) in [7, 11) is 0. The summed E-state index contributed by atoms with van der Waals surface area (Å²) in [6.07, 6.45) is 5.02. The molecule has 0 atom stereocenters. The van der Waals surface area contributed by atoms with Gasteiger partial charge in [0, 0.05) is 11.2 Å². The Morgan fingerprint density at radius 2 is 2.00 bits per heavy atom. The van der Waals surface area contributed by atoms with Crippen molar-refractivity contribution in [2.75, 3.05) is 11.1 Å². The maximum atomic E-state index is 5.90. The third-order valence-corrected chi connectivity index (χ3v) is 3.19. The van der Waals surface area contributed by atoms with Crippen molar-refractivity contribution in [1.29, 1.82) is 0 Å². The molecule has 3 heteroatoms. The predicted octanol–water partition coefficient (Wildman–Crippen LogP) is 2.72. The van der Waals surface area contributed by atoms with Gasteiger partial charge in [0.2, 0.25) is 0 Å². The molecule has 1 fully saturated rings. The normalized spacial score (nSPS) is 19.1. The molecule has 1 saturated carbocycles. The highest BCUT2D eigenvalue weighted by Crippen LogP contribution is 2.33. The minimum Gasteiger partial charge on any atom is -0.396 e. The molecule has 0 amide bonds. The number of hydrogen-bond acceptors (Lipinski definition) is 3. The number of hydrogen-bond donors (Lipinski definition) is 2. The van der Waals surface area contributed by atoms with E-state index in [0.717, 1.165) is 17.2 Å². The zero-order valence-corrected chi connectivity index (χ0v) is 9.51. The highest BCUT2D eigenvalue weighted by Gasteiger charge is 2.29. The van der Waals surface area contributed by atoms with Crippen molar-refractivity contribution in [1.82, 2.24) is 4.98 Å². The molecule has 0 aliphatic heterocycles. The van der Waals surface area contributed by atoms with Gasteiger partial charge >= 0.3 is 0 Å². The van der Waals surface area contributed by atoms with Crippen LogP contribution in [0.4, 0.5) is 11.5 Å². The summed E-state index contributed by atoms with van der Waals surface area (Å²) in [5.41, 5.74) is 7.84. The number of nitrogens with one attached hydrogen (secondary N) is 1. The fourth-order valence-corrected chi connectivity index (χ4v) is 2.23. The van der Waals surface area contributed by atoms with E-state index < -0.39 is 0 Å². The van der Waals surface area contributed by atoms with Gasteiger partial charge in [-0.25, -0.2) is 4.98 Å². The minimum atomic E-state index is 0.189. The molecule has 0 unspecified atom stereocenters. The first-order valence-corrected chi connectivity index (χ1v) is 5.60. The van der Waals surface area contributed by atoms with Crippen LogP contribution >= 0.6 is 0 Å². The quantitative estimate of drug-likeness (QED) is 0.780. The van der Waals surface area contributed by atoms with Crippen molar-refractivity contribution in [2.24, 2.45) is 0 Å². The summed E-state index contributed by atoms with van der Waals surface area (Å²) in [6.45, 7) is 4.24. The van der Waals surface area contributed by atoms with E-state index in [-0.39, 0.29) is 5.54 Å². The maximum Gasteiger partial charge on any atom is 0.149 e. The number of nitrogen functional groups attached to an aromatic ring is 1. The number of rotatable bonds is 2. The van der Waals surface area contributed by atoms with Crippen molar-refractivity contribution in [3.63, 3.8) is 0 Å². The maximum absolute atomic E-state index is 5.90. The van der Waals surface area contributed by atoms with E-state index in [1.165, 1.54) is 25.7 Å². The van der Waals surface area contributed by atoms with Crippen LogP contribution in [-0.4, -0.2) is 10.5 Å².